The number of nitrogens with one attached hydrogen (secondary N) is 1. The Balaban J connectivity index is 1.79. The average molecular weight is 276 g/mol. The van der Waals surface area contributed by atoms with Gasteiger partial charge < -0.3 is 15.8 Å². The van der Waals surface area contributed by atoms with Gasteiger partial charge in [-0.15, -0.1) is 0 Å². The van der Waals surface area contributed by atoms with E-state index >= 15 is 0 Å². The summed E-state index contributed by atoms with van der Waals surface area (Å²) >= 11 is 0. The highest BCUT2D eigenvalue weighted by Gasteiger charge is 2.23. The third-order valence-corrected chi connectivity index (χ3v) is 3.14. The van der Waals surface area contributed by atoms with E-state index in [1.807, 2.05) is 6.92 Å². The van der Waals surface area contributed by atoms with Gasteiger partial charge in [0.15, 0.2) is 0 Å². The summed E-state index contributed by atoms with van der Waals surface area (Å²) in [6.07, 6.45) is 5.19. The number of nitrogen functional groups attached to an aromatic ring is 1. The zero-order chi connectivity index (χ0) is 13.9. The van der Waals surface area contributed by atoms with E-state index < -0.39 is 0 Å². The van der Waals surface area contributed by atoms with Crippen molar-refractivity contribution in [2.24, 2.45) is 0 Å². The molecule has 1 saturated heterocycles. The SMILES string of the molecule is CC(Nc1nc(N)nc(-n2cncn2)n1)C1CCCO1. The van der Waals surface area contributed by atoms with Crippen LogP contribution in [-0.4, -0.2) is 48.5 Å². The van der Waals surface area contributed by atoms with Gasteiger partial charge in [-0.05, 0) is 19.8 Å². The molecule has 0 bridgehead atoms. The van der Waals surface area contributed by atoms with Crippen molar-refractivity contribution in [3.05, 3.63) is 12.7 Å². The Bertz CT molecular complexity index is 566. The fraction of sp³-hybridized carbons (Fsp3) is 0.545. The molecule has 2 unspecified atom stereocenters. The van der Waals surface area contributed by atoms with Gasteiger partial charge in [-0.25, -0.2) is 4.98 Å². The molecule has 20 heavy (non-hydrogen) atoms. The van der Waals surface area contributed by atoms with E-state index in [1.54, 1.807) is 0 Å². The van der Waals surface area contributed by atoms with Crippen molar-refractivity contribution in [3.63, 3.8) is 0 Å². The topological polar surface area (TPSA) is 117 Å². The van der Waals surface area contributed by atoms with E-state index in [1.165, 1.54) is 17.3 Å². The van der Waals surface area contributed by atoms with Crippen molar-refractivity contribution in [1.29, 1.82) is 0 Å². The van der Waals surface area contributed by atoms with Gasteiger partial charge in [0.25, 0.3) is 5.95 Å². The normalized spacial score (nSPS) is 19.9. The lowest BCUT2D eigenvalue weighted by Gasteiger charge is -2.20. The number of hydrogen-bond acceptors (Lipinski definition) is 8. The van der Waals surface area contributed by atoms with Gasteiger partial charge in [0.1, 0.15) is 12.7 Å². The van der Waals surface area contributed by atoms with E-state index in [-0.39, 0.29) is 18.1 Å². The molecular weight excluding hydrogens is 260 g/mol. The molecule has 3 rings (SSSR count). The summed E-state index contributed by atoms with van der Waals surface area (Å²) in [4.78, 5) is 16.2. The molecule has 0 aromatic carbocycles. The number of hydrogen-bond donors (Lipinski definition) is 2. The molecule has 9 nitrogen and oxygen atoms in total. The van der Waals surface area contributed by atoms with Crippen molar-refractivity contribution in [3.8, 4) is 5.95 Å². The van der Waals surface area contributed by atoms with Crippen LogP contribution in [0.2, 0.25) is 0 Å². The maximum Gasteiger partial charge on any atom is 0.258 e. The van der Waals surface area contributed by atoms with E-state index in [9.17, 15) is 0 Å². The zero-order valence-electron chi connectivity index (χ0n) is 11.1. The largest absolute Gasteiger partial charge is 0.376 e. The van der Waals surface area contributed by atoms with Crippen molar-refractivity contribution in [2.45, 2.75) is 31.9 Å². The number of anilines is 2. The molecule has 0 spiro atoms. The highest BCUT2D eigenvalue weighted by molar-refractivity contribution is 5.35. The summed E-state index contributed by atoms with van der Waals surface area (Å²) in [6, 6.07) is 0.0999. The smallest absolute Gasteiger partial charge is 0.258 e. The van der Waals surface area contributed by atoms with E-state index in [2.05, 4.69) is 30.4 Å². The molecule has 106 valence electrons. The van der Waals surface area contributed by atoms with Gasteiger partial charge in [0, 0.05) is 6.61 Å². The van der Waals surface area contributed by atoms with Crippen LogP contribution in [0.1, 0.15) is 19.8 Å². The fourth-order valence-corrected chi connectivity index (χ4v) is 2.15. The molecule has 3 N–H and O–H groups in total. The van der Waals surface area contributed by atoms with Crippen LogP contribution in [0.25, 0.3) is 5.95 Å². The summed E-state index contributed by atoms with van der Waals surface area (Å²) < 4.78 is 7.06. The second-order valence-electron chi connectivity index (χ2n) is 4.64. The second-order valence-corrected chi connectivity index (χ2v) is 4.64. The Labute approximate surface area is 115 Å². The zero-order valence-corrected chi connectivity index (χ0v) is 11.1. The van der Waals surface area contributed by atoms with Crippen LogP contribution in [-0.2, 0) is 4.74 Å². The third-order valence-electron chi connectivity index (χ3n) is 3.14. The Kier molecular flexibility index (Phi) is 3.42. The van der Waals surface area contributed by atoms with Gasteiger partial charge in [-0.2, -0.15) is 24.7 Å². The Hall–Kier alpha value is -2.29. The maximum atomic E-state index is 5.70. The van der Waals surface area contributed by atoms with Crippen LogP contribution < -0.4 is 11.1 Å². The highest BCUT2D eigenvalue weighted by Crippen LogP contribution is 2.18. The summed E-state index contributed by atoms with van der Waals surface area (Å²) in [7, 11) is 0. The van der Waals surface area contributed by atoms with Crippen LogP contribution in [0, 0.1) is 0 Å². The number of rotatable bonds is 4. The van der Waals surface area contributed by atoms with E-state index in [0.717, 1.165) is 19.4 Å². The first-order valence-corrected chi connectivity index (χ1v) is 6.47. The minimum absolute atomic E-state index is 0.0999. The number of ether oxygens (including phenoxy) is 1. The van der Waals surface area contributed by atoms with Gasteiger partial charge in [0.2, 0.25) is 11.9 Å². The predicted molar refractivity (Wildman–Crippen MR) is 71.2 cm³/mol. The minimum atomic E-state index is 0.0999. The van der Waals surface area contributed by atoms with E-state index in [4.69, 9.17) is 10.5 Å². The van der Waals surface area contributed by atoms with Crippen LogP contribution in [0.5, 0.6) is 0 Å². The van der Waals surface area contributed by atoms with Gasteiger partial charge in [-0.3, -0.25) is 0 Å². The highest BCUT2D eigenvalue weighted by atomic mass is 16.5. The Morgan fingerprint density at radius 1 is 1.45 bits per heavy atom. The Morgan fingerprint density at radius 2 is 2.35 bits per heavy atom. The lowest BCUT2D eigenvalue weighted by Crippen LogP contribution is -2.31. The lowest BCUT2D eigenvalue weighted by atomic mass is 10.1. The van der Waals surface area contributed by atoms with Crippen molar-refractivity contribution >= 4 is 11.9 Å². The summed E-state index contributed by atoms with van der Waals surface area (Å²) in [5, 5.41) is 7.17. The molecule has 2 aromatic heterocycles. The molecular formula is C11H16N8O. The third kappa shape index (κ3) is 2.67. The molecule has 9 heteroatoms. The Morgan fingerprint density at radius 3 is 3.05 bits per heavy atom. The van der Waals surface area contributed by atoms with Gasteiger partial charge in [0.05, 0.1) is 12.1 Å². The molecule has 2 aromatic rings. The molecule has 0 radical (unpaired) electrons. The van der Waals surface area contributed by atoms with Crippen LogP contribution >= 0.6 is 0 Å². The maximum absolute atomic E-state index is 5.70. The van der Waals surface area contributed by atoms with Crippen LogP contribution in [0.3, 0.4) is 0 Å². The average Bonchev–Trinajstić information content (AvgIpc) is 3.12. The molecule has 0 saturated carbocycles. The first kappa shape index (κ1) is 12.7. The van der Waals surface area contributed by atoms with Crippen molar-refractivity contribution in [1.82, 2.24) is 29.7 Å². The molecule has 0 amide bonds. The number of aromatic nitrogens is 6. The molecule has 0 aliphatic carbocycles. The predicted octanol–water partition coefficient (Wildman–Crippen LogP) is 0.0139. The molecule has 1 aliphatic rings. The quantitative estimate of drug-likeness (QED) is 0.802. The standard InChI is InChI=1S/C11H16N8O/c1-7(8-3-2-4-20-8)15-10-16-9(12)17-11(18-10)19-6-13-5-14-19/h5-8H,2-4H2,1H3,(H3,12,15,16,17,18). The van der Waals surface area contributed by atoms with Gasteiger partial charge >= 0.3 is 0 Å². The second kappa shape index (κ2) is 5.37. The monoisotopic (exact) mass is 276 g/mol. The van der Waals surface area contributed by atoms with Crippen molar-refractivity contribution < 1.29 is 4.74 Å². The number of nitrogens with zero attached hydrogens (tertiary/aromatic N) is 6. The molecule has 2 atom stereocenters. The van der Waals surface area contributed by atoms with Gasteiger partial charge in [-0.1, -0.05) is 0 Å². The molecule has 3 heterocycles. The summed E-state index contributed by atoms with van der Waals surface area (Å²) in [5.41, 5.74) is 5.70. The van der Waals surface area contributed by atoms with E-state index in [0.29, 0.717) is 11.9 Å². The fourth-order valence-electron chi connectivity index (χ4n) is 2.15. The van der Waals surface area contributed by atoms with Crippen LogP contribution in [0.15, 0.2) is 12.7 Å². The van der Waals surface area contributed by atoms with Crippen molar-refractivity contribution in [2.75, 3.05) is 17.7 Å². The lowest BCUT2D eigenvalue weighted by molar-refractivity contribution is 0.0994. The first-order valence-electron chi connectivity index (χ1n) is 6.47. The molecule has 1 aliphatic heterocycles. The van der Waals surface area contributed by atoms with Crippen LogP contribution in [0.4, 0.5) is 11.9 Å². The number of nitrogens with two attached hydrogens (primary N) is 1. The first-order chi connectivity index (χ1) is 9.72. The molecule has 1 fully saturated rings. The summed E-state index contributed by atoms with van der Waals surface area (Å²) in [6.45, 7) is 2.84. The minimum Gasteiger partial charge on any atom is -0.376 e. The summed E-state index contributed by atoms with van der Waals surface area (Å²) in [5.74, 6) is 0.871.